The molecule has 3 rings (SSSR count). The highest BCUT2D eigenvalue weighted by atomic mass is 35.5. The summed E-state index contributed by atoms with van der Waals surface area (Å²) in [7, 11) is 0. The molecule has 1 heterocycles. The normalized spacial score (nSPS) is 24.6. The average Bonchev–Trinajstić information content (AvgIpc) is 3.20. The van der Waals surface area contributed by atoms with Gasteiger partial charge < -0.3 is 10.1 Å². The van der Waals surface area contributed by atoms with Gasteiger partial charge in [-0.15, -0.1) is 11.6 Å². The fourth-order valence-electron chi connectivity index (χ4n) is 2.65. The van der Waals surface area contributed by atoms with E-state index in [1.807, 2.05) is 0 Å². The molecule has 1 aromatic rings. The van der Waals surface area contributed by atoms with Crippen molar-refractivity contribution in [3.8, 4) is 0 Å². The fourth-order valence-corrected chi connectivity index (χ4v) is 3.01. The van der Waals surface area contributed by atoms with Crippen molar-refractivity contribution in [2.45, 2.75) is 25.4 Å². The maximum Gasteiger partial charge on any atom is 0.0952 e. The molecule has 1 N–H and O–H groups in total. The van der Waals surface area contributed by atoms with E-state index in [1.54, 1.807) is 0 Å². The first-order valence-electron chi connectivity index (χ1n) is 6.79. The van der Waals surface area contributed by atoms with Gasteiger partial charge >= 0.3 is 0 Å². The molecular formula is C15H20ClNO. The van der Waals surface area contributed by atoms with Gasteiger partial charge in [-0.1, -0.05) is 24.3 Å². The molecule has 0 saturated heterocycles. The van der Waals surface area contributed by atoms with Crippen molar-refractivity contribution in [2.24, 2.45) is 5.41 Å². The predicted octanol–water partition coefficient (Wildman–Crippen LogP) is 2.91. The molecule has 1 saturated carbocycles. The molecular weight excluding hydrogens is 246 g/mol. The zero-order valence-corrected chi connectivity index (χ0v) is 11.4. The zero-order valence-electron chi connectivity index (χ0n) is 10.6. The average molecular weight is 266 g/mol. The molecule has 2 nitrogen and oxygen atoms in total. The van der Waals surface area contributed by atoms with E-state index in [9.17, 15) is 0 Å². The van der Waals surface area contributed by atoms with Gasteiger partial charge in [0.05, 0.1) is 12.7 Å². The fraction of sp³-hybridized carbons (Fsp3) is 0.600. The quantitative estimate of drug-likeness (QED) is 0.827. The Balaban J connectivity index is 1.57. The third-order valence-electron chi connectivity index (χ3n) is 4.16. The SMILES string of the molecule is ClCC1(CNCC2OCCc3ccccc32)CC1. The Kier molecular flexibility index (Phi) is 3.60. The molecule has 1 atom stereocenters. The Morgan fingerprint density at radius 3 is 2.94 bits per heavy atom. The Morgan fingerprint density at radius 1 is 1.33 bits per heavy atom. The van der Waals surface area contributed by atoms with E-state index in [4.69, 9.17) is 16.3 Å². The first-order valence-corrected chi connectivity index (χ1v) is 7.33. The predicted molar refractivity (Wildman–Crippen MR) is 74.1 cm³/mol. The molecule has 0 bridgehead atoms. The van der Waals surface area contributed by atoms with Crippen LogP contribution in [-0.2, 0) is 11.2 Å². The van der Waals surface area contributed by atoms with Gasteiger partial charge in [0.25, 0.3) is 0 Å². The second kappa shape index (κ2) is 5.20. The molecule has 0 spiro atoms. The van der Waals surface area contributed by atoms with E-state index in [-0.39, 0.29) is 6.10 Å². The lowest BCUT2D eigenvalue weighted by Crippen LogP contribution is -2.32. The van der Waals surface area contributed by atoms with Crippen LogP contribution in [0.4, 0.5) is 0 Å². The molecule has 0 radical (unpaired) electrons. The standard InChI is InChI=1S/C15H20ClNO/c16-10-15(6-7-15)11-17-9-14-13-4-2-1-3-12(13)5-8-18-14/h1-4,14,17H,5-11H2. The van der Waals surface area contributed by atoms with Crippen molar-refractivity contribution in [3.63, 3.8) is 0 Å². The lowest BCUT2D eigenvalue weighted by atomic mass is 9.97. The summed E-state index contributed by atoms with van der Waals surface area (Å²) >= 11 is 5.99. The highest BCUT2D eigenvalue weighted by Gasteiger charge is 2.41. The minimum atomic E-state index is 0.209. The molecule has 0 aromatic heterocycles. The lowest BCUT2D eigenvalue weighted by molar-refractivity contribution is 0.0419. The van der Waals surface area contributed by atoms with Gasteiger partial charge in [-0.05, 0) is 35.8 Å². The van der Waals surface area contributed by atoms with E-state index < -0.39 is 0 Å². The molecule has 2 aliphatic rings. The molecule has 98 valence electrons. The van der Waals surface area contributed by atoms with Crippen LogP contribution in [-0.4, -0.2) is 25.6 Å². The van der Waals surface area contributed by atoms with Gasteiger partial charge in [0.1, 0.15) is 0 Å². The number of fused-ring (bicyclic) bond motifs is 1. The number of ether oxygens (including phenoxy) is 1. The second-order valence-electron chi connectivity index (χ2n) is 5.57. The Hall–Kier alpha value is -0.570. The molecule has 18 heavy (non-hydrogen) atoms. The van der Waals surface area contributed by atoms with Crippen molar-refractivity contribution in [1.29, 1.82) is 0 Å². The Morgan fingerprint density at radius 2 is 2.17 bits per heavy atom. The van der Waals surface area contributed by atoms with Crippen molar-refractivity contribution < 1.29 is 4.74 Å². The number of alkyl halides is 1. The van der Waals surface area contributed by atoms with Crippen molar-refractivity contribution >= 4 is 11.6 Å². The first kappa shape index (κ1) is 12.5. The van der Waals surface area contributed by atoms with Crippen LogP contribution in [0.5, 0.6) is 0 Å². The zero-order chi connectivity index (χ0) is 12.4. The topological polar surface area (TPSA) is 21.3 Å². The molecule has 1 aliphatic carbocycles. The van der Waals surface area contributed by atoms with Gasteiger partial charge in [-0.25, -0.2) is 0 Å². The van der Waals surface area contributed by atoms with Crippen LogP contribution in [0.3, 0.4) is 0 Å². The summed E-state index contributed by atoms with van der Waals surface area (Å²) in [4.78, 5) is 0. The number of benzene rings is 1. The summed E-state index contributed by atoms with van der Waals surface area (Å²) in [6.07, 6.45) is 3.79. The molecule has 1 aromatic carbocycles. The van der Waals surface area contributed by atoms with Crippen LogP contribution < -0.4 is 5.32 Å². The second-order valence-corrected chi connectivity index (χ2v) is 5.84. The number of hydrogen-bond acceptors (Lipinski definition) is 2. The smallest absolute Gasteiger partial charge is 0.0952 e. The van der Waals surface area contributed by atoms with Crippen LogP contribution in [0.2, 0.25) is 0 Å². The van der Waals surface area contributed by atoms with Gasteiger partial charge in [0, 0.05) is 19.0 Å². The lowest BCUT2D eigenvalue weighted by Gasteiger charge is -2.27. The molecule has 0 amide bonds. The van der Waals surface area contributed by atoms with Crippen LogP contribution in [0.15, 0.2) is 24.3 Å². The minimum Gasteiger partial charge on any atom is -0.372 e. The Bertz CT molecular complexity index is 417. The van der Waals surface area contributed by atoms with Crippen molar-refractivity contribution in [3.05, 3.63) is 35.4 Å². The van der Waals surface area contributed by atoms with Crippen molar-refractivity contribution in [1.82, 2.24) is 5.32 Å². The summed E-state index contributed by atoms with van der Waals surface area (Å²) in [5.74, 6) is 0.780. The number of nitrogens with one attached hydrogen (secondary N) is 1. The first-order chi connectivity index (χ1) is 8.83. The molecule has 1 unspecified atom stereocenters. The van der Waals surface area contributed by atoms with Gasteiger partial charge in [0.15, 0.2) is 0 Å². The maximum absolute atomic E-state index is 5.99. The summed E-state index contributed by atoms with van der Waals surface area (Å²) in [6.45, 7) is 2.76. The molecule has 1 fully saturated rings. The monoisotopic (exact) mass is 265 g/mol. The highest BCUT2D eigenvalue weighted by Crippen LogP contribution is 2.45. The maximum atomic E-state index is 5.99. The van der Waals surface area contributed by atoms with Gasteiger partial charge in [-0.3, -0.25) is 0 Å². The van der Waals surface area contributed by atoms with E-state index in [1.165, 1.54) is 24.0 Å². The number of hydrogen-bond donors (Lipinski definition) is 1. The minimum absolute atomic E-state index is 0.209. The summed E-state index contributed by atoms with van der Waals surface area (Å²) in [5, 5.41) is 3.54. The van der Waals surface area contributed by atoms with E-state index in [2.05, 4.69) is 29.6 Å². The van der Waals surface area contributed by atoms with Crippen LogP contribution in [0.1, 0.15) is 30.1 Å². The van der Waals surface area contributed by atoms with Crippen molar-refractivity contribution in [2.75, 3.05) is 25.6 Å². The van der Waals surface area contributed by atoms with Crippen LogP contribution in [0, 0.1) is 5.41 Å². The third kappa shape index (κ3) is 2.56. The van der Waals surface area contributed by atoms with E-state index in [0.717, 1.165) is 32.0 Å². The molecule has 3 heteroatoms. The van der Waals surface area contributed by atoms with Gasteiger partial charge in [0.2, 0.25) is 0 Å². The summed E-state index contributed by atoms with van der Waals surface area (Å²) in [5.41, 5.74) is 3.18. The van der Waals surface area contributed by atoms with E-state index in [0.29, 0.717) is 5.41 Å². The largest absolute Gasteiger partial charge is 0.372 e. The van der Waals surface area contributed by atoms with Crippen LogP contribution in [0.25, 0.3) is 0 Å². The highest BCUT2D eigenvalue weighted by molar-refractivity contribution is 6.18. The molecule has 1 aliphatic heterocycles. The number of rotatable bonds is 5. The van der Waals surface area contributed by atoms with Crippen LogP contribution >= 0.6 is 11.6 Å². The number of halogens is 1. The summed E-state index contributed by atoms with van der Waals surface area (Å²) in [6, 6.07) is 8.62. The summed E-state index contributed by atoms with van der Waals surface area (Å²) < 4.78 is 5.88. The van der Waals surface area contributed by atoms with Gasteiger partial charge in [-0.2, -0.15) is 0 Å². The van der Waals surface area contributed by atoms with E-state index >= 15 is 0 Å². The Labute approximate surface area is 114 Å². The third-order valence-corrected chi connectivity index (χ3v) is 4.73.